The number of nitrogens with zero attached hydrogens (tertiary/aromatic N) is 2. The first-order chi connectivity index (χ1) is 7.97. The van der Waals surface area contributed by atoms with Gasteiger partial charge in [-0.25, -0.2) is 0 Å². The number of aromatic nitrogens is 1. The molecule has 1 amide bonds. The highest BCUT2D eigenvalue weighted by Crippen LogP contribution is 2.26. The zero-order valence-electron chi connectivity index (χ0n) is 10.4. The number of carbonyl (C=O) groups is 1. The highest BCUT2D eigenvalue weighted by molar-refractivity contribution is 9.10. The topological polar surface area (TPSA) is 33.2 Å². The molecular weight excluding hydrogens is 280 g/mol. The first kappa shape index (κ1) is 13.9. The summed E-state index contributed by atoms with van der Waals surface area (Å²) in [7, 11) is 3.51. The molecule has 0 aliphatic rings. The van der Waals surface area contributed by atoms with Crippen LogP contribution in [0.1, 0.15) is 18.5 Å². The summed E-state index contributed by atoms with van der Waals surface area (Å²) in [6.45, 7) is 5.73. The maximum absolute atomic E-state index is 12.2. The molecule has 0 radical (unpaired) electrons. The van der Waals surface area contributed by atoms with Crippen LogP contribution in [0.2, 0.25) is 0 Å². The van der Waals surface area contributed by atoms with E-state index in [2.05, 4.69) is 27.5 Å². The van der Waals surface area contributed by atoms with Gasteiger partial charge in [-0.1, -0.05) is 13.0 Å². The second kappa shape index (κ2) is 5.96. The van der Waals surface area contributed by atoms with E-state index in [0.717, 1.165) is 10.2 Å². The molecular formula is C13H17BrN2O. The van der Waals surface area contributed by atoms with Gasteiger partial charge in [-0.15, -0.1) is 6.58 Å². The predicted molar refractivity (Wildman–Crippen MR) is 72.7 cm³/mol. The molecule has 0 aromatic carbocycles. The highest BCUT2D eigenvalue weighted by atomic mass is 79.9. The minimum absolute atomic E-state index is 0.0484. The van der Waals surface area contributed by atoms with Crippen molar-refractivity contribution in [1.29, 1.82) is 0 Å². The molecule has 0 aliphatic heterocycles. The third-order valence-electron chi connectivity index (χ3n) is 2.67. The van der Waals surface area contributed by atoms with E-state index in [1.165, 1.54) is 0 Å². The normalized spacial score (nSPS) is 13.9. The van der Waals surface area contributed by atoms with Gasteiger partial charge in [0, 0.05) is 24.8 Å². The molecule has 2 atom stereocenters. The second-order valence-corrected chi connectivity index (χ2v) is 5.12. The van der Waals surface area contributed by atoms with Crippen molar-refractivity contribution in [2.75, 3.05) is 14.1 Å². The Kier molecular flexibility index (Phi) is 4.87. The first-order valence-corrected chi connectivity index (χ1v) is 6.21. The van der Waals surface area contributed by atoms with Crippen LogP contribution in [0, 0.1) is 5.92 Å². The first-order valence-electron chi connectivity index (χ1n) is 5.42. The minimum Gasteiger partial charge on any atom is -0.348 e. The van der Waals surface area contributed by atoms with Crippen molar-refractivity contribution in [2.24, 2.45) is 5.92 Å². The summed E-state index contributed by atoms with van der Waals surface area (Å²) in [6.07, 6.45) is 3.50. The Morgan fingerprint density at radius 3 is 2.59 bits per heavy atom. The van der Waals surface area contributed by atoms with Gasteiger partial charge < -0.3 is 4.90 Å². The minimum atomic E-state index is -0.268. The summed E-state index contributed by atoms with van der Waals surface area (Å²) in [5.41, 5.74) is 0.777. The third-order valence-corrected chi connectivity index (χ3v) is 3.14. The van der Waals surface area contributed by atoms with Gasteiger partial charge >= 0.3 is 0 Å². The van der Waals surface area contributed by atoms with Gasteiger partial charge in [-0.3, -0.25) is 9.78 Å². The van der Waals surface area contributed by atoms with E-state index >= 15 is 0 Å². The predicted octanol–water partition coefficient (Wildman–Crippen LogP) is 2.84. The van der Waals surface area contributed by atoms with Gasteiger partial charge in [0.15, 0.2) is 0 Å². The molecule has 1 aromatic heterocycles. The standard InChI is InChI=1S/C13H17BrN2O/c1-5-9(2)12(13(17)16(3)4)11-7-6-10(14)8-15-11/h5-9,12H,1H2,2-4H3/t9-,12+/m0/s1. The van der Waals surface area contributed by atoms with Crippen molar-refractivity contribution in [1.82, 2.24) is 9.88 Å². The molecule has 0 fully saturated rings. The molecule has 0 N–H and O–H groups in total. The maximum Gasteiger partial charge on any atom is 0.231 e. The Labute approximate surface area is 111 Å². The second-order valence-electron chi connectivity index (χ2n) is 4.21. The SMILES string of the molecule is C=C[C@H](C)[C@@H](C(=O)N(C)C)c1ccc(Br)cn1. The molecule has 1 aromatic rings. The average molecular weight is 297 g/mol. The molecule has 0 unspecified atom stereocenters. The Bertz CT molecular complexity index is 400. The van der Waals surface area contributed by atoms with Crippen LogP contribution in [0.25, 0.3) is 0 Å². The van der Waals surface area contributed by atoms with Gasteiger partial charge in [-0.05, 0) is 34.0 Å². The zero-order chi connectivity index (χ0) is 13.0. The monoisotopic (exact) mass is 296 g/mol. The Balaban J connectivity index is 3.10. The molecule has 0 aliphatic carbocycles. The van der Waals surface area contributed by atoms with Crippen molar-refractivity contribution in [2.45, 2.75) is 12.8 Å². The summed E-state index contributed by atoms with van der Waals surface area (Å²) in [5, 5.41) is 0. The number of amides is 1. The van der Waals surface area contributed by atoms with Crippen LogP contribution < -0.4 is 0 Å². The van der Waals surface area contributed by atoms with E-state index in [4.69, 9.17) is 0 Å². The van der Waals surface area contributed by atoms with Crippen LogP contribution >= 0.6 is 15.9 Å². The molecule has 17 heavy (non-hydrogen) atoms. The van der Waals surface area contributed by atoms with Gasteiger partial charge in [0.1, 0.15) is 0 Å². The van der Waals surface area contributed by atoms with Crippen LogP contribution in [0.5, 0.6) is 0 Å². The molecule has 3 nitrogen and oxygen atoms in total. The lowest BCUT2D eigenvalue weighted by Crippen LogP contribution is -2.31. The van der Waals surface area contributed by atoms with E-state index in [9.17, 15) is 4.79 Å². The number of hydrogen-bond acceptors (Lipinski definition) is 2. The van der Waals surface area contributed by atoms with E-state index in [1.807, 2.05) is 19.1 Å². The molecule has 0 saturated heterocycles. The third kappa shape index (κ3) is 3.40. The van der Waals surface area contributed by atoms with E-state index < -0.39 is 0 Å². The highest BCUT2D eigenvalue weighted by Gasteiger charge is 2.27. The van der Waals surface area contributed by atoms with Crippen molar-refractivity contribution in [3.8, 4) is 0 Å². The fraction of sp³-hybridized carbons (Fsp3) is 0.385. The average Bonchev–Trinajstić information content (AvgIpc) is 2.31. The van der Waals surface area contributed by atoms with Crippen LogP contribution in [-0.2, 0) is 4.79 Å². The summed E-state index contributed by atoms with van der Waals surface area (Å²) in [6, 6.07) is 3.77. The Morgan fingerprint density at radius 1 is 1.53 bits per heavy atom. The molecule has 0 bridgehead atoms. The maximum atomic E-state index is 12.2. The van der Waals surface area contributed by atoms with Gasteiger partial charge in [0.05, 0.1) is 11.6 Å². The lowest BCUT2D eigenvalue weighted by Gasteiger charge is -2.23. The molecule has 0 saturated carbocycles. The molecule has 92 valence electrons. The van der Waals surface area contributed by atoms with Crippen molar-refractivity contribution in [3.05, 3.63) is 41.2 Å². The summed E-state index contributed by atoms with van der Waals surface area (Å²) in [5.74, 6) is -0.165. The van der Waals surface area contributed by atoms with E-state index in [0.29, 0.717) is 0 Å². The van der Waals surface area contributed by atoms with Crippen molar-refractivity contribution >= 4 is 21.8 Å². The quantitative estimate of drug-likeness (QED) is 0.801. The number of pyridine rings is 1. The zero-order valence-corrected chi connectivity index (χ0v) is 11.9. The van der Waals surface area contributed by atoms with Gasteiger partial charge in [-0.2, -0.15) is 0 Å². The van der Waals surface area contributed by atoms with E-state index in [-0.39, 0.29) is 17.7 Å². The summed E-state index contributed by atoms with van der Waals surface area (Å²) in [4.78, 5) is 18.1. The lowest BCUT2D eigenvalue weighted by atomic mass is 9.89. The summed E-state index contributed by atoms with van der Waals surface area (Å²) >= 11 is 3.34. The molecule has 1 rings (SSSR count). The number of rotatable bonds is 4. The van der Waals surface area contributed by atoms with Crippen LogP contribution in [0.15, 0.2) is 35.5 Å². The van der Waals surface area contributed by atoms with Crippen molar-refractivity contribution < 1.29 is 4.79 Å². The van der Waals surface area contributed by atoms with Crippen molar-refractivity contribution in [3.63, 3.8) is 0 Å². The number of carbonyl (C=O) groups excluding carboxylic acids is 1. The van der Waals surface area contributed by atoms with Crippen LogP contribution in [0.4, 0.5) is 0 Å². The smallest absolute Gasteiger partial charge is 0.231 e. The largest absolute Gasteiger partial charge is 0.348 e. The fourth-order valence-electron chi connectivity index (χ4n) is 1.61. The van der Waals surface area contributed by atoms with Gasteiger partial charge in [0.2, 0.25) is 5.91 Å². The van der Waals surface area contributed by atoms with Crippen LogP contribution in [-0.4, -0.2) is 29.9 Å². The Morgan fingerprint density at radius 2 is 2.18 bits per heavy atom. The number of allylic oxidation sites excluding steroid dienone is 1. The molecule has 1 heterocycles. The molecule has 0 spiro atoms. The number of hydrogen-bond donors (Lipinski definition) is 0. The summed E-state index contributed by atoms with van der Waals surface area (Å²) < 4.78 is 0.906. The number of halogens is 1. The number of likely N-dealkylation sites (N-methyl/N-ethyl adjacent to an activating group) is 1. The van der Waals surface area contributed by atoms with E-state index in [1.54, 1.807) is 31.3 Å². The van der Waals surface area contributed by atoms with Crippen LogP contribution in [0.3, 0.4) is 0 Å². The fourth-order valence-corrected chi connectivity index (χ4v) is 1.84. The molecule has 4 heteroatoms. The lowest BCUT2D eigenvalue weighted by molar-refractivity contribution is -0.131. The Hall–Kier alpha value is -1.16. The van der Waals surface area contributed by atoms with Gasteiger partial charge in [0.25, 0.3) is 0 Å².